The summed E-state index contributed by atoms with van der Waals surface area (Å²) >= 11 is 1.77. The first kappa shape index (κ1) is 14.4. The third-order valence-corrected chi connectivity index (χ3v) is 3.07. The quantitative estimate of drug-likeness (QED) is 0.739. The lowest BCUT2D eigenvalue weighted by atomic mass is 10.1. The SMILES string of the molecule is CSCCCNCC(O)c1ccc(F)c(F)c1. The second-order valence-corrected chi connectivity index (χ2v) is 4.73. The highest BCUT2D eigenvalue weighted by Gasteiger charge is 2.10. The molecule has 0 aliphatic carbocycles. The molecule has 0 aromatic heterocycles. The second kappa shape index (κ2) is 7.63. The molecule has 0 aliphatic heterocycles. The number of nitrogens with one attached hydrogen (secondary N) is 1. The van der Waals surface area contributed by atoms with Crippen LogP contribution in [0.15, 0.2) is 18.2 Å². The fourth-order valence-electron chi connectivity index (χ4n) is 1.42. The minimum atomic E-state index is -0.927. The summed E-state index contributed by atoms with van der Waals surface area (Å²) in [6.45, 7) is 1.15. The molecule has 0 bridgehead atoms. The highest BCUT2D eigenvalue weighted by molar-refractivity contribution is 7.98. The van der Waals surface area contributed by atoms with Crippen molar-refractivity contribution < 1.29 is 13.9 Å². The van der Waals surface area contributed by atoms with Crippen LogP contribution in [0.3, 0.4) is 0 Å². The van der Waals surface area contributed by atoms with Crippen molar-refractivity contribution in [3.05, 3.63) is 35.4 Å². The van der Waals surface area contributed by atoms with Crippen molar-refractivity contribution >= 4 is 11.8 Å². The van der Waals surface area contributed by atoms with Crippen LogP contribution in [0.4, 0.5) is 8.78 Å². The van der Waals surface area contributed by atoms with E-state index in [1.807, 2.05) is 6.26 Å². The normalized spacial score (nSPS) is 12.7. The molecule has 5 heteroatoms. The molecule has 0 saturated carbocycles. The standard InChI is InChI=1S/C12H17F2NOS/c1-17-6-2-5-15-8-12(16)9-3-4-10(13)11(14)7-9/h3-4,7,12,15-16H,2,5-6,8H2,1H3. The Morgan fingerprint density at radius 1 is 1.35 bits per heavy atom. The lowest BCUT2D eigenvalue weighted by Gasteiger charge is -2.12. The molecular formula is C12H17F2NOS. The molecule has 0 aliphatic rings. The summed E-state index contributed by atoms with van der Waals surface area (Å²) in [6.07, 6.45) is 2.25. The van der Waals surface area contributed by atoms with Crippen LogP contribution in [-0.2, 0) is 0 Å². The maximum atomic E-state index is 12.9. The first-order valence-corrected chi connectivity index (χ1v) is 6.87. The van der Waals surface area contributed by atoms with E-state index in [4.69, 9.17) is 0 Å². The van der Waals surface area contributed by atoms with Gasteiger partial charge >= 0.3 is 0 Å². The first-order chi connectivity index (χ1) is 8.15. The van der Waals surface area contributed by atoms with Crippen LogP contribution in [0.25, 0.3) is 0 Å². The molecule has 2 nitrogen and oxygen atoms in total. The molecule has 2 N–H and O–H groups in total. The highest BCUT2D eigenvalue weighted by Crippen LogP contribution is 2.15. The van der Waals surface area contributed by atoms with Crippen LogP contribution >= 0.6 is 11.8 Å². The Hall–Kier alpha value is -0.650. The van der Waals surface area contributed by atoms with Gasteiger partial charge in [0.15, 0.2) is 11.6 Å². The van der Waals surface area contributed by atoms with Crippen LogP contribution in [-0.4, -0.2) is 30.2 Å². The number of rotatable bonds is 7. The number of benzene rings is 1. The highest BCUT2D eigenvalue weighted by atomic mass is 32.2. The lowest BCUT2D eigenvalue weighted by molar-refractivity contribution is 0.174. The number of halogens is 2. The van der Waals surface area contributed by atoms with Gasteiger partial charge in [-0.05, 0) is 42.7 Å². The summed E-state index contributed by atoms with van der Waals surface area (Å²) in [7, 11) is 0. The maximum absolute atomic E-state index is 12.9. The predicted molar refractivity (Wildman–Crippen MR) is 67.2 cm³/mol. The minimum absolute atomic E-state index is 0.347. The van der Waals surface area contributed by atoms with Crippen LogP contribution in [0.2, 0.25) is 0 Å². The van der Waals surface area contributed by atoms with Crippen molar-refractivity contribution in [1.82, 2.24) is 5.32 Å². The van der Waals surface area contributed by atoms with Crippen molar-refractivity contribution in [3.8, 4) is 0 Å². The zero-order valence-electron chi connectivity index (χ0n) is 9.75. The molecule has 0 saturated heterocycles. The van der Waals surface area contributed by atoms with Gasteiger partial charge in [-0.1, -0.05) is 6.07 Å². The Morgan fingerprint density at radius 2 is 2.12 bits per heavy atom. The fourth-order valence-corrected chi connectivity index (χ4v) is 1.85. The second-order valence-electron chi connectivity index (χ2n) is 3.74. The van der Waals surface area contributed by atoms with E-state index in [2.05, 4.69) is 5.32 Å². The zero-order valence-corrected chi connectivity index (χ0v) is 10.6. The molecule has 1 aromatic carbocycles. The molecule has 1 rings (SSSR count). The number of hydrogen-bond donors (Lipinski definition) is 2. The van der Waals surface area contributed by atoms with Gasteiger partial charge in [0.2, 0.25) is 0 Å². The summed E-state index contributed by atoms with van der Waals surface area (Å²) in [5, 5.41) is 12.8. The number of aliphatic hydroxyl groups excluding tert-OH is 1. The van der Waals surface area contributed by atoms with E-state index in [9.17, 15) is 13.9 Å². The molecule has 0 spiro atoms. The van der Waals surface area contributed by atoms with Gasteiger partial charge in [-0.3, -0.25) is 0 Å². The molecule has 96 valence electrons. The largest absolute Gasteiger partial charge is 0.387 e. The van der Waals surface area contributed by atoms with Gasteiger partial charge in [0.05, 0.1) is 6.10 Å². The molecular weight excluding hydrogens is 244 g/mol. The van der Waals surface area contributed by atoms with Gasteiger partial charge in [0.1, 0.15) is 0 Å². The Kier molecular flexibility index (Phi) is 6.47. The third kappa shape index (κ3) is 5.02. The monoisotopic (exact) mass is 261 g/mol. The molecule has 1 atom stereocenters. The Balaban J connectivity index is 2.36. The maximum Gasteiger partial charge on any atom is 0.159 e. The number of hydrogen-bond acceptors (Lipinski definition) is 3. The van der Waals surface area contributed by atoms with Crippen LogP contribution in [0.5, 0.6) is 0 Å². The summed E-state index contributed by atoms with van der Waals surface area (Å²) < 4.78 is 25.6. The third-order valence-electron chi connectivity index (χ3n) is 2.37. The topological polar surface area (TPSA) is 32.3 Å². The van der Waals surface area contributed by atoms with E-state index in [1.165, 1.54) is 6.07 Å². The van der Waals surface area contributed by atoms with E-state index in [0.29, 0.717) is 12.1 Å². The van der Waals surface area contributed by atoms with Crippen LogP contribution in [0.1, 0.15) is 18.1 Å². The van der Waals surface area contributed by atoms with E-state index in [1.54, 1.807) is 11.8 Å². The van der Waals surface area contributed by atoms with Gasteiger partial charge in [-0.15, -0.1) is 0 Å². The summed E-state index contributed by atoms with van der Waals surface area (Å²) in [5.41, 5.74) is 0.390. The average molecular weight is 261 g/mol. The Labute approximate surface area is 104 Å². The number of aliphatic hydroxyl groups is 1. The van der Waals surface area contributed by atoms with E-state index < -0.39 is 17.7 Å². The van der Waals surface area contributed by atoms with Crippen molar-refractivity contribution in [2.45, 2.75) is 12.5 Å². The number of thioether (sulfide) groups is 1. The molecule has 0 radical (unpaired) electrons. The molecule has 0 fully saturated rings. The van der Waals surface area contributed by atoms with Gasteiger partial charge < -0.3 is 10.4 Å². The van der Waals surface area contributed by atoms with Crippen LogP contribution in [0, 0.1) is 11.6 Å². The summed E-state index contributed by atoms with van der Waals surface area (Å²) in [5.74, 6) is -0.758. The van der Waals surface area contributed by atoms with E-state index in [-0.39, 0.29) is 0 Å². The molecule has 0 amide bonds. The van der Waals surface area contributed by atoms with Gasteiger partial charge in [-0.25, -0.2) is 8.78 Å². The summed E-state index contributed by atoms with van der Waals surface area (Å²) in [4.78, 5) is 0. The fraction of sp³-hybridized carbons (Fsp3) is 0.500. The minimum Gasteiger partial charge on any atom is -0.387 e. The average Bonchev–Trinajstić information content (AvgIpc) is 2.32. The molecule has 1 aromatic rings. The molecule has 17 heavy (non-hydrogen) atoms. The zero-order chi connectivity index (χ0) is 12.7. The summed E-state index contributed by atoms with van der Waals surface area (Å²) in [6, 6.07) is 3.46. The van der Waals surface area contributed by atoms with Crippen molar-refractivity contribution in [2.75, 3.05) is 25.1 Å². The van der Waals surface area contributed by atoms with Gasteiger partial charge in [0, 0.05) is 6.54 Å². The Bertz CT molecular complexity index is 349. The van der Waals surface area contributed by atoms with Crippen LogP contribution < -0.4 is 5.32 Å². The molecule has 1 unspecified atom stereocenters. The smallest absolute Gasteiger partial charge is 0.159 e. The molecule has 0 heterocycles. The van der Waals surface area contributed by atoms with Crippen molar-refractivity contribution in [3.63, 3.8) is 0 Å². The first-order valence-electron chi connectivity index (χ1n) is 5.48. The Morgan fingerprint density at radius 3 is 2.76 bits per heavy atom. The lowest BCUT2D eigenvalue weighted by Crippen LogP contribution is -2.23. The van der Waals surface area contributed by atoms with E-state index in [0.717, 1.165) is 30.9 Å². The predicted octanol–water partition coefficient (Wildman–Crippen LogP) is 2.34. The van der Waals surface area contributed by atoms with Gasteiger partial charge in [-0.2, -0.15) is 11.8 Å². The van der Waals surface area contributed by atoms with Crippen molar-refractivity contribution in [2.24, 2.45) is 0 Å². The van der Waals surface area contributed by atoms with Crippen molar-refractivity contribution in [1.29, 1.82) is 0 Å². The van der Waals surface area contributed by atoms with E-state index >= 15 is 0 Å². The van der Waals surface area contributed by atoms with Gasteiger partial charge in [0.25, 0.3) is 0 Å².